The molecule has 1 aromatic heterocycles. The van der Waals surface area contributed by atoms with E-state index in [9.17, 15) is 9.18 Å². The average molecular weight is 399 g/mol. The number of thioether (sulfide) groups is 1. The Morgan fingerprint density at radius 1 is 1.14 bits per heavy atom. The highest BCUT2D eigenvalue weighted by atomic mass is 32.2. The highest BCUT2D eigenvalue weighted by Crippen LogP contribution is 2.24. The lowest BCUT2D eigenvalue weighted by Gasteiger charge is -2.12. The van der Waals surface area contributed by atoms with E-state index >= 15 is 0 Å². The molecule has 0 spiro atoms. The maximum Gasteiger partial charge on any atom is 0.230 e. The normalized spacial score (nSPS) is 10.7. The zero-order valence-corrected chi connectivity index (χ0v) is 16.8. The number of aromatic nitrogens is 3. The van der Waals surface area contributed by atoms with Crippen LogP contribution >= 0.6 is 11.8 Å². The molecule has 0 saturated carbocycles. The van der Waals surface area contributed by atoms with Crippen molar-refractivity contribution in [3.05, 3.63) is 59.9 Å². The third-order valence-corrected chi connectivity index (χ3v) is 5.24. The quantitative estimate of drug-likeness (QED) is 0.619. The van der Waals surface area contributed by atoms with Gasteiger partial charge in [-0.3, -0.25) is 4.79 Å². The molecule has 0 atom stereocenters. The molecular formula is C20H22FN5OS. The first kappa shape index (κ1) is 19.9. The third-order valence-electron chi connectivity index (χ3n) is 4.22. The van der Waals surface area contributed by atoms with Crippen LogP contribution in [0.25, 0.3) is 11.4 Å². The number of benzene rings is 2. The second-order valence-corrected chi connectivity index (χ2v) is 7.41. The highest BCUT2D eigenvalue weighted by Gasteiger charge is 2.15. The van der Waals surface area contributed by atoms with Crippen LogP contribution < -0.4 is 10.2 Å². The van der Waals surface area contributed by atoms with Gasteiger partial charge in [-0.2, -0.15) is 0 Å². The summed E-state index contributed by atoms with van der Waals surface area (Å²) in [5.41, 5.74) is 2.53. The van der Waals surface area contributed by atoms with Crippen molar-refractivity contribution in [1.82, 2.24) is 20.1 Å². The maximum atomic E-state index is 14.0. The molecule has 0 saturated heterocycles. The van der Waals surface area contributed by atoms with Gasteiger partial charge in [0.2, 0.25) is 5.91 Å². The molecule has 0 aliphatic rings. The van der Waals surface area contributed by atoms with Crippen molar-refractivity contribution in [1.29, 1.82) is 0 Å². The van der Waals surface area contributed by atoms with Crippen molar-refractivity contribution in [2.75, 3.05) is 24.7 Å². The summed E-state index contributed by atoms with van der Waals surface area (Å²) in [6.45, 7) is 0.465. The van der Waals surface area contributed by atoms with E-state index in [1.165, 1.54) is 17.8 Å². The molecule has 3 aromatic rings. The molecule has 0 aliphatic carbocycles. The first-order chi connectivity index (χ1) is 13.5. The average Bonchev–Trinajstić information content (AvgIpc) is 3.05. The summed E-state index contributed by atoms with van der Waals surface area (Å²) >= 11 is 1.27. The number of carbonyl (C=O) groups excluding carboxylic acids is 1. The molecule has 0 unspecified atom stereocenters. The molecule has 0 bridgehead atoms. The van der Waals surface area contributed by atoms with Gasteiger partial charge in [-0.05, 0) is 29.8 Å². The Kier molecular flexibility index (Phi) is 6.30. The van der Waals surface area contributed by atoms with Crippen molar-refractivity contribution in [2.45, 2.75) is 11.7 Å². The van der Waals surface area contributed by atoms with Gasteiger partial charge in [-0.15, -0.1) is 10.2 Å². The van der Waals surface area contributed by atoms with Crippen LogP contribution in [0.2, 0.25) is 0 Å². The minimum atomic E-state index is -0.354. The Labute approximate surface area is 167 Å². The molecule has 1 amide bonds. The van der Waals surface area contributed by atoms with Crippen molar-refractivity contribution >= 4 is 23.4 Å². The number of nitrogens with one attached hydrogen (secondary N) is 1. The van der Waals surface area contributed by atoms with Gasteiger partial charge >= 0.3 is 0 Å². The zero-order chi connectivity index (χ0) is 20.1. The summed E-state index contributed by atoms with van der Waals surface area (Å²) in [5, 5.41) is 11.6. The van der Waals surface area contributed by atoms with Gasteiger partial charge in [-0.25, -0.2) is 4.39 Å². The predicted octanol–water partition coefficient (Wildman–Crippen LogP) is 3.10. The molecule has 1 N–H and O–H groups in total. The second-order valence-electron chi connectivity index (χ2n) is 6.47. The van der Waals surface area contributed by atoms with Gasteiger partial charge < -0.3 is 14.8 Å². The number of halogens is 1. The lowest BCUT2D eigenvalue weighted by Crippen LogP contribution is -2.24. The summed E-state index contributed by atoms with van der Waals surface area (Å²) in [4.78, 5) is 14.2. The van der Waals surface area contributed by atoms with Crippen LogP contribution in [0, 0.1) is 5.82 Å². The zero-order valence-electron chi connectivity index (χ0n) is 16.0. The first-order valence-corrected chi connectivity index (χ1v) is 9.74. The fourth-order valence-corrected chi connectivity index (χ4v) is 3.35. The monoisotopic (exact) mass is 399 g/mol. The molecular weight excluding hydrogens is 377 g/mol. The van der Waals surface area contributed by atoms with Crippen LogP contribution in [0.1, 0.15) is 5.56 Å². The van der Waals surface area contributed by atoms with Crippen LogP contribution in [-0.2, 0) is 18.4 Å². The van der Waals surface area contributed by atoms with Gasteiger partial charge in [-0.1, -0.05) is 36.0 Å². The van der Waals surface area contributed by atoms with Crippen molar-refractivity contribution in [3.8, 4) is 11.4 Å². The minimum Gasteiger partial charge on any atom is -0.378 e. The second kappa shape index (κ2) is 8.88. The highest BCUT2D eigenvalue weighted by molar-refractivity contribution is 7.99. The lowest BCUT2D eigenvalue weighted by molar-refractivity contribution is -0.118. The SMILES string of the molecule is CN(C)c1ccc(CNC(=O)CSc2nnc(-c3ccccc3F)n2C)cc1. The summed E-state index contributed by atoms with van der Waals surface area (Å²) < 4.78 is 15.6. The minimum absolute atomic E-state index is 0.0999. The third kappa shape index (κ3) is 4.69. The molecule has 2 aromatic carbocycles. The molecule has 0 aliphatic heterocycles. The van der Waals surface area contributed by atoms with Crippen LogP contribution in [0.15, 0.2) is 53.7 Å². The Morgan fingerprint density at radius 3 is 2.54 bits per heavy atom. The molecule has 6 nitrogen and oxygen atoms in total. The maximum absolute atomic E-state index is 14.0. The van der Waals surface area contributed by atoms with E-state index in [0.29, 0.717) is 23.1 Å². The number of anilines is 1. The predicted molar refractivity (Wildman–Crippen MR) is 110 cm³/mol. The fraction of sp³-hybridized carbons (Fsp3) is 0.250. The molecule has 0 fully saturated rings. The molecule has 28 heavy (non-hydrogen) atoms. The number of hydrogen-bond acceptors (Lipinski definition) is 5. The summed E-state index contributed by atoms with van der Waals surface area (Å²) in [5.74, 6) is 0.186. The molecule has 1 heterocycles. The molecule has 146 valence electrons. The van der Waals surface area contributed by atoms with E-state index in [2.05, 4.69) is 15.5 Å². The Morgan fingerprint density at radius 2 is 1.86 bits per heavy atom. The summed E-state index contributed by atoms with van der Waals surface area (Å²) in [6.07, 6.45) is 0. The molecule has 0 radical (unpaired) electrons. The summed E-state index contributed by atoms with van der Waals surface area (Å²) in [6, 6.07) is 14.4. The number of rotatable bonds is 7. The van der Waals surface area contributed by atoms with E-state index in [0.717, 1.165) is 11.3 Å². The van der Waals surface area contributed by atoms with Gasteiger partial charge in [0, 0.05) is 33.4 Å². The van der Waals surface area contributed by atoms with Crippen LogP contribution in [0.4, 0.5) is 10.1 Å². The molecule has 3 rings (SSSR count). The van der Waals surface area contributed by atoms with Gasteiger partial charge in [0.1, 0.15) is 5.82 Å². The fourth-order valence-electron chi connectivity index (χ4n) is 2.61. The van der Waals surface area contributed by atoms with Gasteiger partial charge in [0.25, 0.3) is 0 Å². The number of amides is 1. The van der Waals surface area contributed by atoms with Crippen LogP contribution in [0.5, 0.6) is 0 Å². The Hall–Kier alpha value is -2.87. The Balaban J connectivity index is 1.54. The summed E-state index contributed by atoms with van der Waals surface area (Å²) in [7, 11) is 5.73. The molecule has 8 heteroatoms. The van der Waals surface area contributed by atoms with Crippen LogP contribution in [-0.4, -0.2) is 40.5 Å². The van der Waals surface area contributed by atoms with Crippen molar-refractivity contribution in [2.24, 2.45) is 7.05 Å². The lowest BCUT2D eigenvalue weighted by atomic mass is 10.2. The Bertz CT molecular complexity index is 955. The smallest absolute Gasteiger partial charge is 0.230 e. The van der Waals surface area contributed by atoms with E-state index in [1.807, 2.05) is 43.3 Å². The first-order valence-electron chi connectivity index (χ1n) is 8.75. The standard InChI is InChI=1S/C20H22FN5OS/c1-25(2)15-10-8-14(9-11-15)12-22-18(27)13-28-20-24-23-19(26(20)3)16-6-4-5-7-17(16)21/h4-11H,12-13H2,1-3H3,(H,22,27). The van der Waals surface area contributed by atoms with Gasteiger partial charge in [0.05, 0.1) is 11.3 Å². The number of nitrogens with zero attached hydrogens (tertiary/aromatic N) is 4. The van der Waals surface area contributed by atoms with E-state index in [-0.39, 0.29) is 17.5 Å². The van der Waals surface area contributed by atoms with Gasteiger partial charge in [0.15, 0.2) is 11.0 Å². The topological polar surface area (TPSA) is 63.1 Å². The van der Waals surface area contributed by atoms with E-state index in [4.69, 9.17) is 0 Å². The van der Waals surface area contributed by atoms with Crippen molar-refractivity contribution in [3.63, 3.8) is 0 Å². The number of hydrogen-bond donors (Lipinski definition) is 1. The largest absolute Gasteiger partial charge is 0.378 e. The van der Waals surface area contributed by atoms with Crippen molar-refractivity contribution < 1.29 is 9.18 Å². The van der Waals surface area contributed by atoms with E-state index in [1.54, 1.807) is 29.8 Å². The van der Waals surface area contributed by atoms with E-state index < -0.39 is 0 Å². The number of carbonyl (C=O) groups is 1. The van der Waals surface area contributed by atoms with Crippen LogP contribution in [0.3, 0.4) is 0 Å².